The van der Waals surface area contributed by atoms with E-state index >= 15 is 0 Å². The molecule has 1 aromatic rings. The second kappa shape index (κ2) is 5.02. The number of methoxy groups -OCH3 is 1. The van der Waals surface area contributed by atoms with Crippen LogP contribution < -0.4 is 9.47 Å². The molecule has 0 saturated carbocycles. The van der Waals surface area contributed by atoms with Crippen LogP contribution >= 0.6 is 0 Å². The lowest BCUT2D eigenvalue weighted by atomic mass is 10.3. The molecule has 94 valence electrons. The van der Waals surface area contributed by atoms with Crippen molar-refractivity contribution in [2.75, 3.05) is 13.7 Å². The third-order valence-electron chi connectivity index (χ3n) is 1.78. The minimum Gasteiger partial charge on any atom is -0.495 e. The Morgan fingerprint density at radius 1 is 1.41 bits per heavy atom. The fourth-order valence-electron chi connectivity index (χ4n) is 1.09. The molecule has 0 fully saturated rings. The van der Waals surface area contributed by atoms with Crippen molar-refractivity contribution < 1.29 is 32.3 Å². The van der Waals surface area contributed by atoms with Crippen molar-refractivity contribution in [2.45, 2.75) is 4.90 Å². The lowest BCUT2D eigenvalue weighted by Gasteiger charge is -2.08. The number of benzene rings is 1. The van der Waals surface area contributed by atoms with Gasteiger partial charge in [0.25, 0.3) is 10.1 Å². The van der Waals surface area contributed by atoms with E-state index in [1.165, 1.54) is 19.2 Å². The van der Waals surface area contributed by atoms with E-state index in [4.69, 9.17) is 19.1 Å². The number of aliphatic carboxylic acids is 1. The predicted octanol–water partition coefficient (Wildman–Crippen LogP) is 0.405. The summed E-state index contributed by atoms with van der Waals surface area (Å²) in [5, 5.41) is 8.39. The second-order valence-electron chi connectivity index (χ2n) is 2.97. The van der Waals surface area contributed by atoms with Gasteiger partial charge in [-0.2, -0.15) is 8.42 Å². The van der Waals surface area contributed by atoms with Gasteiger partial charge in [-0.15, -0.1) is 0 Å². The monoisotopic (exact) mass is 262 g/mol. The number of ether oxygens (including phenoxy) is 2. The Kier molecular flexibility index (Phi) is 3.92. The number of rotatable bonds is 5. The molecular formula is C9H10O7S. The lowest BCUT2D eigenvalue weighted by Crippen LogP contribution is -2.10. The number of carboxylic acids is 1. The zero-order valence-corrected chi connectivity index (χ0v) is 9.60. The van der Waals surface area contributed by atoms with Gasteiger partial charge in [-0.3, -0.25) is 4.55 Å². The molecule has 0 saturated heterocycles. The van der Waals surface area contributed by atoms with Crippen LogP contribution in [-0.2, 0) is 14.9 Å². The van der Waals surface area contributed by atoms with Crippen LogP contribution in [0.5, 0.6) is 11.5 Å². The Balaban J connectivity index is 3.10. The van der Waals surface area contributed by atoms with Crippen LogP contribution in [0, 0.1) is 0 Å². The van der Waals surface area contributed by atoms with E-state index in [1.807, 2.05) is 0 Å². The molecule has 7 nitrogen and oxygen atoms in total. The van der Waals surface area contributed by atoms with Gasteiger partial charge in [-0.1, -0.05) is 0 Å². The van der Waals surface area contributed by atoms with E-state index in [0.717, 1.165) is 6.07 Å². The normalized spacial score (nSPS) is 10.9. The topological polar surface area (TPSA) is 110 Å². The quantitative estimate of drug-likeness (QED) is 0.739. The summed E-state index contributed by atoms with van der Waals surface area (Å²) >= 11 is 0. The first-order valence-corrected chi connectivity index (χ1v) is 5.78. The average molecular weight is 262 g/mol. The van der Waals surface area contributed by atoms with Gasteiger partial charge in [0.2, 0.25) is 0 Å². The van der Waals surface area contributed by atoms with Crippen LogP contribution in [-0.4, -0.2) is 37.8 Å². The van der Waals surface area contributed by atoms with Gasteiger partial charge in [0.15, 0.2) is 6.61 Å². The van der Waals surface area contributed by atoms with E-state index < -0.39 is 27.6 Å². The zero-order valence-electron chi connectivity index (χ0n) is 8.78. The minimum atomic E-state index is -4.46. The van der Waals surface area contributed by atoms with E-state index in [2.05, 4.69) is 0 Å². The van der Waals surface area contributed by atoms with Gasteiger partial charge in [0.05, 0.1) is 7.11 Å². The van der Waals surface area contributed by atoms with Gasteiger partial charge in [-0.05, 0) is 12.1 Å². The molecule has 0 atom stereocenters. The summed E-state index contributed by atoms with van der Waals surface area (Å²) in [5.74, 6) is -1.26. The maximum Gasteiger partial charge on any atom is 0.341 e. The van der Waals surface area contributed by atoms with Crippen molar-refractivity contribution >= 4 is 16.1 Å². The predicted molar refractivity (Wildman–Crippen MR) is 55.9 cm³/mol. The summed E-state index contributed by atoms with van der Waals surface area (Å²) in [6.07, 6.45) is 0. The highest BCUT2D eigenvalue weighted by atomic mass is 32.2. The molecular weight excluding hydrogens is 252 g/mol. The average Bonchev–Trinajstić information content (AvgIpc) is 2.24. The Labute approximate surface area is 97.3 Å². The molecule has 0 radical (unpaired) electrons. The molecule has 0 aliphatic carbocycles. The van der Waals surface area contributed by atoms with Crippen LogP contribution in [0.25, 0.3) is 0 Å². The van der Waals surface area contributed by atoms with Crippen LogP contribution in [0.2, 0.25) is 0 Å². The second-order valence-corrected chi connectivity index (χ2v) is 4.36. The molecule has 8 heteroatoms. The number of hydrogen-bond acceptors (Lipinski definition) is 5. The third kappa shape index (κ3) is 3.61. The molecule has 0 bridgehead atoms. The first-order chi connectivity index (χ1) is 7.84. The van der Waals surface area contributed by atoms with Gasteiger partial charge in [0.1, 0.15) is 16.4 Å². The van der Waals surface area contributed by atoms with Crippen molar-refractivity contribution in [3.8, 4) is 11.5 Å². The van der Waals surface area contributed by atoms with Crippen molar-refractivity contribution in [1.82, 2.24) is 0 Å². The highest BCUT2D eigenvalue weighted by Crippen LogP contribution is 2.27. The Morgan fingerprint density at radius 3 is 2.53 bits per heavy atom. The number of hydrogen-bond donors (Lipinski definition) is 2. The van der Waals surface area contributed by atoms with E-state index in [1.54, 1.807) is 0 Å². The van der Waals surface area contributed by atoms with Crippen molar-refractivity contribution in [3.05, 3.63) is 18.2 Å². The molecule has 1 rings (SSSR count). The number of carbonyl (C=O) groups is 1. The van der Waals surface area contributed by atoms with E-state index in [0.29, 0.717) is 0 Å². The minimum absolute atomic E-state index is 0.000764. The van der Waals surface area contributed by atoms with Gasteiger partial charge >= 0.3 is 5.97 Å². The molecule has 17 heavy (non-hydrogen) atoms. The first kappa shape index (κ1) is 13.3. The molecule has 0 aliphatic rings. The fraction of sp³-hybridized carbons (Fsp3) is 0.222. The van der Waals surface area contributed by atoms with Gasteiger partial charge in [0, 0.05) is 6.07 Å². The van der Waals surface area contributed by atoms with E-state index in [9.17, 15) is 13.2 Å². The Morgan fingerprint density at radius 2 is 2.06 bits per heavy atom. The molecule has 0 aromatic heterocycles. The molecule has 0 aliphatic heterocycles. The van der Waals surface area contributed by atoms with Crippen LogP contribution in [0.15, 0.2) is 23.1 Å². The van der Waals surface area contributed by atoms with Crippen molar-refractivity contribution in [1.29, 1.82) is 0 Å². The summed E-state index contributed by atoms with van der Waals surface area (Å²) in [4.78, 5) is 9.78. The molecule has 2 N–H and O–H groups in total. The van der Waals surface area contributed by atoms with Crippen LogP contribution in [0.3, 0.4) is 0 Å². The van der Waals surface area contributed by atoms with Crippen LogP contribution in [0.4, 0.5) is 0 Å². The first-order valence-electron chi connectivity index (χ1n) is 4.34. The standard InChI is InChI=1S/C9H10O7S/c1-15-7-3-2-6(16-5-9(10)11)4-8(7)17(12,13)14/h2-4H,5H2,1H3,(H,10,11)(H,12,13,14). The summed E-state index contributed by atoms with van der Waals surface area (Å²) < 4.78 is 40.4. The largest absolute Gasteiger partial charge is 0.495 e. The summed E-state index contributed by atoms with van der Waals surface area (Å²) in [6, 6.07) is 3.56. The maximum atomic E-state index is 11.0. The molecule has 0 heterocycles. The third-order valence-corrected chi connectivity index (χ3v) is 2.65. The lowest BCUT2D eigenvalue weighted by molar-refractivity contribution is -0.139. The van der Waals surface area contributed by atoms with E-state index in [-0.39, 0.29) is 11.5 Å². The Hall–Kier alpha value is -1.80. The fourth-order valence-corrected chi connectivity index (χ4v) is 1.76. The molecule has 0 unspecified atom stereocenters. The van der Waals surface area contributed by atoms with Crippen molar-refractivity contribution in [3.63, 3.8) is 0 Å². The van der Waals surface area contributed by atoms with Crippen molar-refractivity contribution in [2.24, 2.45) is 0 Å². The molecule has 0 spiro atoms. The molecule has 1 aromatic carbocycles. The number of carboxylic acid groups (broad SMARTS) is 1. The van der Waals surface area contributed by atoms with Crippen LogP contribution in [0.1, 0.15) is 0 Å². The van der Waals surface area contributed by atoms with Gasteiger partial charge < -0.3 is 14.6 Å². The van der Waals surface area contributed by atoms with Gasteiger partial charge in [-0.25, -0.2) is 4.79 Å². The molecule has 0 amide bonds. The Bertz CT molecular complexity index is 520. The highest BCUT2D eigenvalue weighted by Gasteiger charge is 2.17. The summed E-state index contributed by atoms with van der Waals surface area (Å²) in [5.41, 5.74) is 0. The maximum absolute atomic E-state index is 11.0. The zero-order chi connectivity index (χ0) is 13.1. The smallest absolute Gasteiger partial charge is 0.341 e. The highest BCUT2D eigenvalue weighted by molar-refractivity contribution is 7.86. The summed E-state index contributed by atoms with van der Waals surface area (Å²) in [6.45, 7) is -0.614. The summed E-state index contributed by atoms with van der Waals surface area (Å²) in [7, 11) is -3.22. The SMILES string of the molecule is COc1ccc(OCC(=O)O)cc1S(=O)(=O)O.